The van der Waals surface area contributed by atoms with Crippen molar-refractivity contribution in [3.05, 3.63) is 24.3 Å². The molecule has 0 aliphatic carbocycles. The number of rotatable bonds is 6. The fourth-order valence-corrected chi connectivity index (χ4v) is 1.77. The first kappa shape index (κ1) is 13.8. The second kappa shape index (κ2) is 5.91. The molecule has 0 aromatic heterocycles. The lowest BCUT2D eigenvalue weighted by molar-refractivity contribution is 0.271. The van der Waals surface area contributed by atoms with Crippen molar-refractivity contribution < 1.29 is 13.2 Å². The molecule has 96 valence electrons. The number of nitrogens with one attached hydrogen (secondary N) is 1. The number of anilines is 1. The van der Waals surface area contributed by atoms with E-state index in [4.69, 9.17) is 4.74 Å². The first-order chi connectivity index (χ1) is 7.93. The van der Waals surface area contributed by atoms with Crippen molar-refractivity contribution in [2.45, 2.75) is 20.8 Å². The van der Waals surface area contributed by atoms with Crippen molar-refractivity contribution in [2.24, 2.45) is 5.92 Å². The van der Waals surface area contributed by atoms with E-state index in [2.05, 4.69) is 18.6 Å². The summed E-state index contributed by atoms with van der Waals surface area (Å²) < 4.78 is 30.6. The number of sulfonamides is 1. The van der Waals surface area contributed by atoms with Gasteiger partial charge in [-0.05, 0) is 37.1 Å². The van der Waals surface area contributed by atoms with E-state index in [9.17, 15) is 8.42 Å². The minimum absolute atomic E-state index is 0.0681. The second-order valence-corrected chi connectivity index (χ2v) is 6.25. The van der Waals surface area contributed by atoms with E-state index < -0.39 is 10.0 Å². The lowest BCUT2D eigenvalue weighted by atomic mass is 10.2. The van der Waals surface area contributed by atoms with E-state index in [-0.39, 0.29) is 5.75 Å². The molecule has 17 heavy (non-hydrogen) atoms. The zero-order valence-corrected chi connectivity index (χ0v) is 11.3. The molecule has 4 nitrogen and oxygen atoms in total. The molecule has 0 saturated heterocycles. The molecule has 0 aliphatic rings. The predicted octanol–water partition coefficient (Wildman–Crippen LogP) is 2.48. The minimum Gasteiger partial charge on any atom is -0.493 e. The van der Waals surface area contributed by atoms with Crippen LogP contribution in [-0.4, -0.2) is 20.8 Å². The van der Waals surface area contributed by atoms with Crippen LogP contribution in [0.4, 0.5) is 5.69 Å². The third-order valence-corrected chi connectivity index (χ3v) is 3.40. The van der Waals surface area contributed by atoms with Crippen molar-refractivity contribution in [1.82, 2.24) is 0 Å². The molecule has 0 spiro atoms. The van der Waals surface area contributed by atoms with E-state index in [1.54, 1.807) is 31.2 Å². The SMILES string of the molecule is CCS(=O)(=O)Nc1ccc(OCC(C)C)cc1. The number of benzene rings is 1. The zero-order chi connectivity index (χ0) is 12.9. The molecule has 0 heterocycles. The lowest BCUT2D eigenvalue weighted by Gasteiger charge is -2.10. The molecule has 0 saturated carbocycles. The van der Waals surface area contributed by atoms with Gasteiger partial charge in [0.25, 0.3) is 0 Å². The van der Waals surface area contributed by atoms with Gasteiger partial charge in [-0.15, -0.1) is 0 Å². The van der Waals surface area contributed by atoms with E-state index in [0.717, 1.165) is 5.75 Å². The summed E-state index contributed by atoms with van der Waals surface area (Å²) in [7, 11) is -3.20. The highest BCUT2D eigenvalue weighted by Gasteiger charge is 2.06. The van der Waals surface area contributed by atoms with E-state index >= 15 is 0 Å². The highest BCUT2D eigenvalue weighted by Crippen LogP contribution is 2.17. The molecule has 0 bridgehead atoms. The van der Waals surface area contributed by atoms with Crippen molar-refractivity contribution in [2.75, 3.05) is 17.1 Å². The summed E-state index contributed by atoms with van der Waals surface area (Å²) in [4.78, 5) is 0. The molecule has 1 aromatic rings. The van der Waals surface area contributed by atoms with Gasteiger partial charge in [-0.25, -0.2) is 8.42 Å². The maximum atomic E-state index is 11.3. The van der Waals surface area contributed by atoms with Crippen LogP contribution >= 0.6 is 0 Å². The molecule has 1 N–H and O–H groups in total. The summed E-state index contributed by atoms with van der Waals surface area (Å²) >= 11 is 0. The van der Waals surface area contributed by atoms with Gasteiger partial charge in [0.2, 0.25) is 10.0 Å². The van der Waals surface area contributed by atoms with Gasteiger partial charge in [-0.3, -0.25) is 4.72 Å². The van der Waals surface area contributed by atoms with Crippen LogP contribution in [0, 0.1) is 5.92 Å². The Bertz CT molecular complexity index is 437. The van der Waals surface area contributed by atoms with Crippen molar-refractivity contribution >= 4 is 15.7 Å². The molecule has 1 rings (SSSR count). The van der Waals surface area contributed by atoms with Crippen molar-refractivity contribution in [3.63, 3.8) is 0 Å². The monoisotopic (exact) mass is 257 g/mol. The highest BCUT2D eigenvalue weighted by molar-refractivity contribution is 7.92. The van der Waals surface area contributed by atoms with Gasteiger partial charge >= 0.3 is 0 Å². The van der Waals surface area contributed by atoms with Crippen LogP contribution < -0.4 is 9.46 Å². The molecule has 0 radical (unpaired) electrons. The van der Waals surface area contributed by atoms with Gasteiger partial charge in [0.05, 0.1) is 12.4 Å². The normalized spacial score (nSPS) is 11.5. The summed E-state index contributed by atoms with van der Waals surface area (Å²) in [5.74, 6) is 1.28. The quantitative estimate of drug-likeness (QED) is 0.851. The average Bonchev–Trinajstić information content (AvgIpc) is 2.28. The molecule has 0 fully saturated rings. The zero-order valence-electron chi connectivity index (χ0n) is 10.4. The third-order valence-electron chi connectivity index (χ3n) is 2.09. The molecule has 1 aromatic carbocycles. The van der Waals surface area contributed by atoms with Crippen molar-refractivity contribution in [3.8, 4) is 5.75 Å². The Balaban J connectivity index is 2.62. The molecule has 0 aliphatic heterocycles. The van der Waals surface area contributed by atoms with Gasteiger partial charge in [-0.1, -0.05) is 13.8 Å². The van der Waals surface area contributed by atoms with E-state index in [0.29, 0.717) is 18.2 Å². The van der Waals surface area contributed by atoms with Gasteiger partial charge in [0, 0.05) is 5.69 Å². The Morgan fingerprint density at radius 2 is 1.82 bits per heavy atom. The number of ether oxygens (including phenoxy) is 1. The Morgan fingerprint density at radius 3 is 2.29 bits per heavy atom. The Labute approximate surface area is 103 Å². The van der Waals surface area contributed by atoms with Gasteiger partial charge in [-0.2, -0.15) is 0 Å². The van der Waals surface area contributed by atoms with E-state index in [1.165, 1.54) is 0 Å². The van der Waals surface area contributed by atoms with Gasteiger partial charge < -0.3 is 4.74 Å². The number of hydrogen-bond acceptors (Lipinski definition) is 3. The molecule has 0 unspecified atom stereocenters. The standard InChI is InChI=1S/C12H19NO3S/c1-4-17(14,15)13-11-5-7-12(8-6-11)16-9-10(2)3/h5-8,10,13H,4,9H2,1-3H3. The fraction of sp³-hybridized carbons (Fsp3) is 0.500. The minimum atomic E-state index is -3.20. The lowest BCUT2D eigenvalue weighted by Crippen LogP contribution is -2.14. The van der Waals surface area contributed by atoms with Crippen LogP contribution in [0.2, 0.25) is 0 Å². The van der Waals surface area contributed by atoms with Crippen LogP contribution in [-0.2, 0) is 10.0 Å². The molecular weight excluding hydrogens is 238 g/mol. The van der Waals surface area contributed by atoms with Gasteiger partial charge in [0.15, 0.2) is 0 Å². The summed E-state index contributed by atoms with van der Waals surface area (Å²) in [5, 5.41) is 0. The molecule has 5 heteroatoms. The van der Waals surface area contributed by atoms with Gasteiger partial charge in [0.1, 0.15) is 5.75 Å². The maximum absolute atomic E-state index is 11.3. The first-order valence-electron chi connectivity index (χ1n) is 5.66. The topological polar surface area (TPSA) is 55.4 Å². The largest absolute Gasteiger partial charge is 0.493 e. The molecule has 0 atom stereocenters. The first-order valence-corrected chi connectivity index (χ1v) is 7.31. The molecule has 0 amide bonds. The smallest absolute Gasteiger partial charge is 0.232 e. The maximum Gasteiger partial charge on any atom is 0.232 e. The second-order valence-electron chi connectivity index (χ2n) is 4.23. The highest BCUT2D eigenvalue weighted by atomic mass is 32.2. The predicted molar refractivity (Wildman–Crippen MR) is 69.9 cm³/mol. The Kier molecular flexibility index (Phi) is 4.81. The Morgan fingerprint density at radius 1 is 1.24 bits per heavy atom. The van der Waals surface area contributed by atoms with E-state index in [1.807, 2.05) is 0 Å². The molecular formula is C12H19NO3S. The van der Waals surface area contributed by atoms with Crippen LogP contribution in [0.25, 0.3) is 0 Å². The number of hydrogen-bond donors (Lipinski definition) is 1. The van der Waals surface area contributed by atoms with Crippen LogP contribution in [0.1, 0.15) is 20.8 Å². The van der Waals surface area contributed by atoms with Crippen LogP contribution in [0.15, 0.2) is 24.3 Å². The van der Waals surface area contributed by atoms with Crippen LogP contribution in [0.5, 0.6) is 5.75 Å². The summed E-state index contributed by atoms with van der Waals surface area (Å²) in [6, 6.07) is 6.91. The Hall–Kier alpha value is -1.23. The summed E-state index contributed by atoms with van der Waals surface area (Å²) in [6.07, 6.45) is 0. The summed E-state index contributed by atoms with van der Waals surface area (Å²) in [6.45, 7) is 6.40. The summed E-state index contributed by atoms with van der Waals surface area (Å²) in [5.41, 5.74) is 0.559. The average molecular weight is 257 g/mol. The van der Waals surface area contributed by atoms with Crippen LogP contribution in [0.3, 0.4) is 0 Å². The van der Waals surface area contributed by atoms with Crippen molar-refractivity contribution in [1.29, 1.82) is 0 Å². The third kappa shape index (κ3) is 5.08. The fourth-order valence-electron chi connectivity index (χ4n) is 1.13.